The van der Waals surface area contributed by atoms with E-state index in [1.165, 1.54) is 0 Å². The topological polar surface area (TPSA) is 38.4 Å². The zero-order valence-electron chi connectivity index (χ0n) is 5.09. The van der Waals surface area contributed by atoms with Crippen LogP contribution in [-0.2, 0) is 0 Å². The first-order chi connectivity index (χ1) is 3.70. The van der Waals surface area contributed by atoms with Crippen LogP contribution in [0, 0.1) is 0 Å². The third-order valence-electron chi connectivity index (χ3n) is 1.32. The van der Waals surface area contributed by atoms with Gasteiger partial charge in [0, 0.05) is 0 Å². The molecule has 8 heavy (non-hydrogen) atoms. The Hall–Kier alpha value is -0.0105. The van der Waals surface area contributed by atoms with Crippen molar-refractivity contribution >= 4 is 19.7 Å². The summed E-state index contributed by atoms with van der Waals surface area (Å²) < 4.78 is 0.887. The first kappa shape index (κ1) is 6.11. The standard InChI is InChI=1S/C5H10N2Se/c1-3-4(2)8-5(6)7-3/h3-4H,1-2H3,(H2,6,7)/t3-,4+/m0/s1. The molecule has 0 bridgehead atoms. The van der Waals surface area contributed by atoms with Gasteiger partial charge in [-0.15, -0.1) is 0 Å². The molecular weight excluding hydrogens is 167 g/mol. The zero-order chi connectivity index (χ0) is 6.15. The summed E-state index contributed by atoms with van der Waals surface area (Å²) in [6.45, 7) is 4.32. The normalized spacial score (nSPS) is 37.5. The molecule has 0 amide bonds. The van der Waals surface area contributed by atoms with Crippen LogP contribution in [0.5, 0.6) is 0 Å². The number of aliphatic imine (C=N–C) groups is 1. The molecule has 3 heteroatoms. The molecule has 1 rings (SSSR count). The van der Waals surface area contributed by atoms with Crippen molar-refractivity contribution in [2.45, 2.75) is 24.7 Å². The summed E-state index contributed by atoms with van der Waals surface area (Å²) in [6.07, 6.45) is 0. The second kappa shape index (κ2) is 2.08. The van der Waals surface area contributed by atoms with E-state index in [0.29, 0.717) is 21.0 Å². The molecule has 0 saturated heterocycles. The Morgan fingerprint density at radius 1 is 1.62 bits per heavy atom. The van der Waals surface area contributed by atoms with E-state index in [1.54, 1.807) is 0 Å². The molecule has 0 fully saturated rings. The number of nitrogens with two attached hydrogens (primary N) is 1. The maximum atomic E-state index is 5.49. The number of rotatable bonds is 0. The Morgan fingerprint density at radius 3 is 2.38 bits per heavy atom. The van der Waals surface area contributed by atoms with Crippen molar-refractivity contribution in [3.63, 3.8) is 0 Å². The summed E-state index contributed by atoms with van der Waals surface area (Å²) in [5.74, 6) is 0. The molecule has 1 aliphatic heterocycles. The first-order valence-corrected chi connectivity index (χ1v) is 4.54. The molecule has 0 aromatic rings. The average Bonchev–Trinajstić information content (AvgIpc) is 1.85. The molecule has 2 nitrogen and oxygen atoms in total. The molecule has 0 spiro atoms. The van der Waals surface area contributed by atoms with Gasteiger partial charge in [-0.2, -0.15) is 0 Å². The first-order valence-electron chi connectivity index (χ1n) is 2.70. The van der Waals surface area contributed by atoms with E-state index >= 15 is 0 Å². The molecule has 2 N–H and O–H groups in total. The summed E-state index contributed by atoms with van der Waals surface area (Å²) in [5, 5.41) is 0. The fourth-order valence-electron chi connectivity index (χ4n) is 0.625. The Kier molecular flexibility index (Phi) is 1.59. The summed E-state index contributed by atoms with van der Waals surface area (Å²) in [5.41, 5.74) is 5.49. The molecule has 1 aliphatic rings. The predicted octanol–water partition coefficient (Wildman–Crippen LogP) is 0.216. The Bertz CT molecular complexity index is 122. The van der Waals surface area contributed by atoms with E-state index in [9.17, 15) is 0 Å². The van der Waals surface area contributed by atoms with E-state index in [2.05, 4.69) is 18.8 Å². The second-order valence-corrected chi connectivity index (χ2v) is 4.96. The molecule has 0 radical (unpaired) electrons. The van der Waals surface area contributed by atoms with Crippen molar-refractivity contribution in [3.8, 4) is 0 Å². The third-order valence-corrected chi connectivity index (χ3v) is 3.65. The second-order valence-electron chi connectivity index (χ2n) is 2.03. The molecular formula is C5H10N2Se. The van der Waals surface area contributed by atoms with Gasteiger partial charge in [-0.25, -0.2) is 0 Å². The van der Waals surface area contributed by atoms with Crippen molar-refractivity contribution < 1.29 is 0 Å². The van der Waals surface area contributed by atoms with Crippen LogP contribution in [-0.4, -0.2) is 25.7 Å². The van der Waals surface area contributed by atoms with E-state index in [4.69, 9.17) is 5.73 Å². The van der Waals surface area contributed by atoms with E-state index in [0.717, 1.165) is 9.55 Å². The van der Waals surface area contributed by atoms with Crippen LogP contribution in [0.3, 0.4) is 0 Å². The summed E-state index contributed by atoms with van der Waals surface area (Å²) >= 11 is 0.486. The van der Waals surface area contributed by atoms with Crippen molar-refractivity contribution in [2.24, 2.45) is 10.7 Å². The molecule has 0 unspecified atom stereocenters. The number of hydrogen-bond donors (Lipinski definition) is 1. The van der Waals surface area contributed by atoms with Crippen LogP contribution >= 0.6 is 0 Å². The fraction of sp³-hybridized carbons (Fsp3) is 0.800. The van der Waals surface area contributed by atoms with Crippen molar-refractivity contribution in [3.05, 3.63) is 0 Å². The number of amidine groups is 1. The Balaban J connectivity index is 2.56. The molecule has 0 aliphatic carbocycles. The third kappa shape index (κ3) is 1.04. The van der Waals surface area contributed by atoms with E-state index < -0.39 is 0 Å². The zero-order valence-corrected chi connectivity index (χ0v) is 6.80. The van der Waals surface area contributed by atoms with Crippen LogP contribution < -0.4 is 5.73 Å². The van der Waals surface area contributed by atoms with Gasteiger partial charge in [0.15, 0.2) is 0 Å². The van der Waals surface area contributed by atoms with Gasteiger partial charge in [-0.3, -0.25) is 0 Å². The summed E-state index contributed by atoms with van der Waals surface area (Å²) in [7, 11) is 0. The minimum atomic E-state index is 0.481. The quantitative estimate of drug-likeness (QED) is 0.528. The fourth-order valence-corrected chi connectivity index (χ4v) is 2.44. The van der Waals surface area contributed by atoms with Gasteiger partial charge in [0.2, 0.25) is 0 Å². The van der Waals surface area contributed by atoms with Crippen molar-refractivity contribution in [2.75, 3.05) is 0 Å². The maximum absolute atomic E-state index is 5.49. The van der Waals surface area contributed by atoms with Crippen molar-refractivity contribution in [1.82, 2.24) is 0 Å². The van der Waals surface area contributed by atoms with Crippen molar-refractivity contribution in [1.29, 1.82) is 0 Å². The van der Waals surface area contributed by atoms with Crippen LogP contribution in [0.2, 0.25) is 4.82 Å². The summed E-state index contributed by atoms with van der Waals surface area (Å²) in [6, 6.07) is 0.481. The number of hydrogen-bond acceptors (Lipinski definition) is 2. The summed E-state index contributed by atoms with van der Waals surface area (Å²) in [4.78, 5) is 4.92. The average molecular weight is 177 g/mol. The minimum absolute atomic E-state index is 0.481. The molecule has 2 atom stereocenters. The van der Waals surface area contributed by atoms with Crippen LogP contribution in [0.25, 0.3) is 0 Å². The van der Waals surface area contributed by atoms with Crippen LogP contribution in [0.15, 0.2) is 4.99 Å². The van der Waals surface area contributed by atoms with Gasteiger partial charge in [-0.1, -0.05) is 0 Å². The number of nitrogens with zero attached hydrogens (tertiary/aromatic N) is 1. The van der Waals surface area contributed by atoms with Gasteiger partial charge in [-0.05, 0) is 0 Å². The predicted molar refractivity (Wildman–Crippen MR) is 36.3 cm³/mol. The molecule has 0 aromatic carbocycles. The van der Waals surface area contributed by atoms with Gasteiger partial charge >= 0.3 is 55.1 Å². The molecule has 0 saturated carbocycles. The Morgan fingerprint density at radius 2 is 2.25 bits per heavy atom. The van der Waals surface area contributed by atoms with Gasteiger partial charge in [0.05, 0.1) is 0 Å². The van der Waals surface area contributed by atoms with Crippen LogP contribution in [0.4, 0.5) is 0 Å². The molecule has 46 valence electrons. The van der Waals surface area contributed by atoms with Gasteiger partial charge in [0.25, 0.3) is 0 Å². The van der Waals surface area contributed by atoms with Crippen LogP contribution in [0.1, 0.15) is 13.8 Å². The van der Waals surface area contributed by atoms with Gasteiger partial charge < -0.3 is 0 Å². The monoisotopic (exact) mass is 178 g/mol. The SMILES string of the molecule is C[C@@H]1N=C(N)[Se][C@@H]1C. The van der Waals surface area contributed by atoms with E-state index in [-0.39, 0.29) is 0 Å². The Labute approximate surface area is 55.7 Å². The van der Waals surface area contributed by atoms with Gasteiger partial charge in [0.1, 0.15) is 0 Å². The van der Waals surface area contributed by atoms with E-state index in [1.807, 2.05) is 0 Å². The molecule has 1 heterocycles. The molecule has 0 aromatic heterocycles.